The van der Waals surface area contributed by atoms with E-state index >= 15 is 0 Å². The zero-order valence-electron chi connectivity index (χ0n) is 16.9. The number of para-hydroxylation sites is 1. The van der Waals surface area contributed by atoms with E-state index in [1.165, 1.54) is 0 Å². The first-order chi connectivity index (χ1) is 14.1. The van der Waals surface area contributed by atoms with Gasteiger partial charge in [-0.1, -0.05) is 12.1 Å². The molecule has 0 unspecified atom stereocenters. The minimum absolute atomic E-state index is 0.0842. The molecular formula is C22H26N6O. The van der Waals surface area contributed by atoms with Crippen molar-refractivity contribution in [1.29, 1.82) is 0 Å². The molecule has 1 aromatic carbocycles. The van der Waals surface area contributed by atoms with Crippen molar-refractivity contribution in [2.45, 2.75) is 19.9 Å². The summed E-state index contributed by atoms with van der Waals surface area (Å²) in [6.45, 7) is 7.71. The highest BCUT2D eigenvalue weighted by molar-refractivity contribution is 5.91. The highest BCUT2D eigenvalue weighted by atomic mass is 16.2. The van der Waals surface area contributed by atoms with E-state index in [9.17, 15) is 4.79 Å². The maximum absolute atomic E-state index is 12.1. The second-order valence-electron chi connectivity index (χ2n) is 7.61. The number of fused-ring (bicyclic) bond motifs is 1. The second kappa shape index (κ2) is 8.53. The predicted molar refractivity (Wildman–Crippen MR) is 115 cm³/mol. The Morgan fingerprint density at radius 3 is 2.48 bits per heavy atom. The molecule has 1 aliphatic heterocycles. The van der Waals surface area contributed by atoms with Crippen LogP contribution in [0.4, 0.5) is 5.82 Å². The minimum Gasteiger partial charge on any atom is -0.353 e. The summed E-state index contributed by atoms with van der Waals surface area (Å²) in [5.41, 5.74) is 1.89. The van der Waals surface area contributed by atoms with Crippen molar-refractivity contribution in [3.8, 4) is 11.4 Å². The number of piperazine rings is 1. The first kappa shape index (κ1) is 19.3. The molecule has 1 amide bonds. The lowest BCUT2D eigenvalue weighted by atomic mass is 10.2. The molecule has 1 saturated heterocycles. The largest absolute Gasteiger partial charge is 0.353 e. The van der Waals surface area contributed by atoms with Crippen molar-refractivity contribution >= 4 is 22.6 Å². The van der Waals surface area contributed by atoms with Crippen molar-refractivity contribution in [1.82, 2.24) is 25.2 Å². The molecular weight excluding hydrogens is 364 g/mol. The first-order valence-corrected chi connectivity index (χ1v) is 10.0. The smallest absolute Gasteiger partial charge is 0.234 e. The maximum atomic E-state index is 12.1. The summed E-state index contributed by atoms with van der Waals surface area (Å²) < 4.78 is 0. The molecule has 1 N–H and O–H groups in total. The van der Waals surface area contributed by atoms with Gasteiger partial charge in [0.25, 0.3) is 0 Å². The molecule has 1 fully saturated rings. The second-order valence-corrected chi connectivity index (χ2v) is 7.61. The average molecular weight is 390 g/mol. The predicted octanol–water partition coefficient (Wildman–Crippen LogP) is 2.34. The lowest BCUT2D eigenvalue weighted by molar-refractivity contribution is -0.122. The van der Waals surface area contributed by atoms with Crippen LogP contribution in [0.3, 0.4) is 0 Å². The SMILES string of the molecule is CC(C)NC(=O)CN1CCN(c2nc(-c3ccncc3)nc3ccccc23)CC1. The van der Waals surface area contributed by atoms with Gasteiger partial charge in [-0.3, -0.25) is 14.7 Å². The molecule has 3 heterocycles. The van der Waals surface area contributed by atoms with E-state index in [1.54, 1.807) is 12.4 Å². The van der Waals surface area contributed by atoms with Crippen LogP contribution in [-0.2, 0) is 4.79 Å². The molecule has 2 aromatic heterocycles. The monoisotopic (exact) mass is 390 g/mol. The number of benzene rings is 1. The summed E-state index contributed by atoms with van der Waals surface area (Å²) in [6.07, 6.45) is 3.52. The molecule has 7 heteroatoms. The lowest BCUT2D eigenvalue weighted by Crippen LogP contribution is -2.50. The zero-order valence-corrected chi connectivity index (χ0v) is 16.9. The Morgan fingerprint density at radius 2 is 1.76 bits per heavy atom. The quantitative estimate of drug-likeness (QED) is 0.721. The van der Waals surface area contributed by atoms with Crippen LogP contribution in [0.1, 0.15) is 13.8 Å². The molecule has 0 aliphatic carbocycles. The normalized spacial score (nSPS) is 15.1. The summed E-state index contributed by atoms with van der Waals surface area (Å²) in [6, 6.07) is 12.1. The van der Waals surface area contributed by atoms with Gasteiger partial charge in [-0.15, -0.1) is 0 Å². The van der Waals surface area contributed by atoms with Gasteiger partial charge in [-0.2, -0.15) is 0 Å². The van der Waals surface area contributed by atoms with Crippen molar-refractivity contribution in [2.75, 3.05) is 37.6 Å². The average Bonchev–Trinajstić information content (AvgIpc) is 2.73. The van der Waals surface area contributed by atoms with Crippen molar-refractivity contribution in [2.24, 2.45) is 0 Å². The van der Waals surface area contributed by atoms with E-state index < -0.39 is 0 Å². The number of anilines is 1. The van der Waals surface area contributed by atoms with Crippen LogP contribution < -0.4 is 10.2 Å². The molecule has 0 radical (unpaired) electrons. The van der Waals surface area contributed by atoms with E-state index in [0.29, 0.717) is 12.4 Å². The summed E-state index contributed by atoms with van der Waals surface area (Å²) in [5.74, 6) is 1.74. The number of hydrogen-bond acceptors (Lipinski definition) is 6. The Hall–Kier alpha value is -3.06. The van der Waals surface area contributed by atoms with E-state index in [0.717, 1.165) is 48.5 Å². The van der Waals surface area contributed by atoms with Gasteiger partial charge < -0.3 is 10.2 Å². The van der Waals surface area contributed by atoms with Crippen LogP contribution in [0.15, 0.2) is 48.8 Å². The van der Waals surface area contributed by atoms with Crippen LogP contribution >= 0.6 is 0 Å². The topological polar surface area (TPSA) is 74.2 Å². The summed E-state index contributed by atoms with van der Waals surface area (Å²) in [4.78, 5) is 30.3. The van der Waals surface area contributed by atoms with Gasteiger partial charge in [-0.05, 0) is 38.1 Å². The molecule has 0 spiro atoms. The molecule has 0 bridgehead atoms. The van der Waals surface area contributed by atoms with Crippen molar-refractivity contribution < 1.29 is 4.79 Å². The number of hydrogen-bond donors (Lipinski definition) is 1. The molecule has 3 aromatic rings. The van der Waals surface area contributed by atoms with Gasteiger partial charge in [0.05, 0.1) is 12.1 Å². The Bertz CT molecular complexity index is 983. The standard InChI is InChI=1S/C22H26N6O/c1-16(2)24-20(29)15-27-11-13-28(14-12-27)22-18-5-3-4-6-19(18)25-21(26-22)17-7-9-23-10-8-17/h3-10,16H,11-15H2,1-2H3,(H,24,29). The van der Waals surface area contributed by atoms with Crippen LogP contribution in [0.5, 0.6) is 0 Å². The minimum atomic E-state index is 0.0842. The molecule has 7 nitrogen and oxygen atoms in total. The Labute approximate surface area is 170 Å². The molecule has 0 saturated carbocycles. The number of carbonyl (C=O) groups excluding carboxylic acids is 1. The van der Waals surface area contributed by atoms with Gasteiger partial charge in [-0.25, -0.2) is 9.97 Å². The van der Waals surface area contributed by atoms with E-state index in [1.807, 2.05) is 44.2 Å². The Balaban J connectivity index is 1.56. The molecule has 0 atom stereocenters. The third-order valence-electron chi connectivity index (χ3n) is 5.01. The van der Waals surface area contributed by atoms with Crippen molar-refractivity contribution in [3.63, 3.8) is 0 Å². The number of carbonyl (C=O) groups is 1. The van der Waals surface area contributed by atoms with E-state index in [-0.39, 0.29) is 11.9 Å². The fourth-order valence-electron chi connectivity index (χ4n) is 3.62. The lowest BCUT2D eigenvalue weighted by Gasteiger charge is -2.35. The van der Waals surface area contributed by atoms with Gasteiger partial charge in [0, 0.05) is 55.6 Å². The number of nitrogens with zero attached hydrogens (tertiary/aromatic N) is 5. The molecule has 4 rings (SSSR count). The Morgan fingerprint density at radius 1 is 1.03 bits per heavy atom. The van der Waals surface area contributed by atoms with E-state index in [4.69, 9.17) is 9.97 Å². The van der Waals surface area contributed by atoms with E-state index in [2.05, 4.69) is 26.2 Å². The highest BCUT2D eigenvalue weighted by Gasteiger charge is 2.22. The van der Waals surface area contributed by atoms with Gasteiger partial charge in [0.15, 0.2) is 5.82 Å². The number of aromatic nitrogens is 3. The number of rotatable bonds is 5. The van der Waals surface area contributed by atoms with Gasteiger partial charge in [0.2, 0.25) is 5.91 Å². The molecule has 150 valence electrons. The van der Waals surface area contributed by atoms with Crippen LogP contribution in [-0.4, -0.2) is 64.5 Å². The number of amides is 1. The summed E-state index contributed by atoms with van der Waals surface area (Å²) >= 11 is 0. The molecule has 1 aliphatic rings. The number of nitrogens with one attached hydrogen (secondary N) is 1. The number of pyridine rings is 1. The fraction of sp³-hybridized carbons (Fsp3) is 0.364. The first-order valence-electron chi connectivity index (χ1n) is 10.0. The third kappa shape index (κ3) is 4.51. The summed E-state index contributed by atoms with van der Waals surface area (Å²) in [5, 5.41) is 4.01. The summed E-state index contributed by atoms with van der Waals surface area (Å²) in [7, 11) is 0. The van der Waals surface area contributed by atoms with Crippen LogP contribution in [0, 0.1) is 0 Å². The van der Waals surface area contributed by atoms with Crippen LogP contribution in [0.2, 0.25) is 0 Å². The van der Waals surface area contributed by atoms with Crippen molar-refractivity contribution in [3.05, 3.63) is 48.8 Å². The van der Waals surface area contributed by atoms with Gasteiger partial charge >= 0.3 is 0 Å². The molecule has 29 heavy (non-hydrogen) atoms. The third-order valence-corrected chi connectivity index (χ3v) is 5.01. The van der Waals surface area contributed by atoms with Crippen LogP contribution in [0.25, 0.3) is 22.3 Å². The maximum Gasteiger partial charge on any atom is 0.234 e. The fourth-order valence-corrected chi connectivity index (χ4v) is 3.62. The Kier molecular flexibility index (Phi) is 5.67. The highest BCUT2D eigenvalue weighted by Crippen LogP contribution is 2.28. The van der Waals surface area contributed by atoms with Gasteiger partial charge in [0.1, 0.15) is 5.82 Å². The zero-order chi connectivity index (χ0) is 20.2.